The summed E-state index contributed by atoms with van der Waals surface area (Å²) in [5.74, 6) is 1.04. The summed E-state index contributed by atoms with van der Waals surface area (Å²) < 4.78 is 15.3. The van der Waals surface area contributed by atoms with Crippen LogP contribution in [0.5, 0.6) is 11.5 Å². The van der Waals surface area contributed by atoms with E-state index in [1.807, 2.05) is 25.4 Å². The van der Waals surface area contributed by atoms with Crippen LogP contribution in [-0.2, 0) is 26.3 Å². The Morgan fingerprint density at radius 3 is 2.62 bits per heavy atom. The van der Waals surface area contributed by atoms with Crippen LogP contribution in [0.4, 0.5) is 0 Å². The quantitative estimate of drug-likeness (QED) is 0.147. The SMILES string of the molecule is CNCCCn1ncc2c(-c3cccc(COc4cc(OCc5cncc(C#N)c5)c(CN)cc4Cl)c3Br)cccc21. The van der Waals surface area contributed by atoms with Crippen molar-refractivity contribution in [1.82, 2.24) is 20.1 Å². The van der Waals surface area contributed by atoms with Gasteiger partial charge in [-0.1, -0.05) is 41.9 Å². The van der Waals surface area contributed by atoms with Gasteiger partial charge in [-0.3, -0.25) is 9.67 Å². The number of nitriles is 1. The second-order valence-corrected chi connectivity index (χ2v) is 10.9. The van der Waals surface area contributed by atoms with E-state index < -0.39 is 0 Å². The van der Waals surface area contributed by atoms with E-state index in [0.29, 0.717) is 22.1 Å². The molecule has 0 bridgehead atoms. The number of benzene rings is 3. The van der Waals surface area contributed by atoms with Crippen LogP contribution in [0.25, 0.3) is 22.0 Å². The lowest BCUT2D eigenvalue weighted by Crippen LogP contribution is -2.11. The van der Waals surface area contributed by atoms with Gasteiger partial charge in [0.05, 0.1) is 22.3 Å². The first-order chi connectivity index (χ1) is 20.5. The minimum absolute atomic E-state index is 0.224. The lowest BCUT2D eigenvalue weighted by atomic mass is 10.00. The lowest BCUT2D eigenvalue weighted by Gasteiger charge is -2.16. The van der Waals surface area contributed by atoms with E-state index in [-0.39, 0.29) is 19.8 Å². The molecule has 0 radical (unpaired) electrons. The average Bonchev–Trinajstić information content (AvgIpc) is 3.43. The van der Waals surface area contributed by atoms with Crippen LogP contribution in [0, 0.1) is 11.3 Å². The fraction of sp³-hybridized carbons (Fsp3) is 0.219. The summed E-state index contributed by atoms with van der Waals surface area (Å²) in [4.78, 5) is 4.09. The van der Waals surface area contributed by atoms with Crippen molar-refractivity contribution in [1.29, 1.82) is 5.26 Å². The number of fused-ring (bicyclic) bond motifs is 1. The Bertz CT molecular complexity index is 1750. The molecule has 5 aromatic rings. The van der Waals surface area contributed by atoms with Gasteiger partial charge in [-0.25, -0.2) is 0 Å². The van der Waals surface area contributed by atoms with Crippen LogP contribution in [-0.4, -0.2) is 28.4 Å². The summed E-state index contributed by atoms with van der Waals surface area (Å²) in [7, 11) is 1.96. The number of nitrogens with two attached hydrogens (primary N) is 1. The van der Waals surface area contributed by atoms with Gasteiger partial charge < -0.3 is 20.5 Å². The fourth-order valence-corrected chi connectivity index (χ4v) is 5.58. The first-order valence-corrected chi connectivity index (χ1v) is 14.7. The van der Waals surface area contributed by atoms with Crippen molar-refractivity contribution < 1.29 is 9.47 Å². The van der Waals surface area contributed by atoms with Crippen molar-refractivity contribution >= 4 is 38.4 Å². The molecule has 2 heterocycles. The maximum atomic E-state index is 9.15. The van der Waals surface area contributed by atoms with Gasteiger partial charge in [-0.15, -0.1) is 0 Å². The molecular formula is C32H30BrClN6O2. The molecule has 0 aliphatic carbocycles. The van der Waals surface area contributed by atoms with Crippen molar-refractivity contribution in [2.45, 2.75) is 32.7 Å². The second-order valence-electron chi connectivity index (χ2n) is 9.71. The molecule has 0 saturated heterocycles. The monoisotopic (exact) mass is 644 g/mol. The van der Waals surface area contributed by atoms with Crippen molar-refractivity contribution in [2.75, 3.05) is 13.6 Å². The van der Waals surface area contributed by atoms with Crippen molar-refractivity contribution in [2.24, 2.45) is 5.73 Å². The number of rotatable bonds is 12. The zero-order valence-corrected chi connectivity index (χ0v) is 25.5. The number of aromatic nitrogens is 3. The minimum atomic E-state index is 0.224. The van der Waals surface area contributed by atoms with E-state index in [1.54, 1.807) is 24.4 Å². The van der Waals surface area contributed by atoms with E-state index in [2.05, 4.69) is 66.3 Å². The standard InChI is InChI=1S/C32H30BrClN6O2/c1-37-9-4-10-40-29-8-3-6-25(27(29)18-39-40)26-7-2-5-23(32(26)33)20-42-31-13-30(24(15-36)12-28(31)34)41-19-22-11-21(14-35)16-38-17-22/h2-3,5-8,11-13,16-18,37H,4,9-10,15,19-20,36H2,1H3. The third-order valence-corrected chi connectivity index (χ3v) is 8.12. The van der Waals surface area contributed by atoms with Gasteiger partial charge in [0.1, 0.15) is 30.8 Å². The molecule has 0 atom stereocenters. The molecule has 42 heavy (non-hydrogen) atoms. The predicted octanol–water partition coefficient (Wildman–Crippen LogP) is 6.61. The van der Waals surface area contributed by atoms with Gasteiger partial charge in [0, 0.05) is 58.1 Å². The molecule has 2 aromatic heterocycles. The van der Waals surface area contributed by atoms with Gasteiger partial charge in [0.15, 0.2) is 0 Å². The molecule has 0 unspecified atom stereocenters. The van der Waals surface area contributed by atoms with Gasteiger partial charge in [0.25, 0.3) is 0 Å². The Balaban J connectivity index is 1.36. The number of hydrogen-bond acceptors (Lipinski definition) is 7. The molecule has 0 amide bonds. The molecule has 0 aliphatic rings. The van der Waals surface area contributed by atoms with E-state index >= 15 is 0 Å². The summed E-state index contributed by atoms with van der Waals surface area (Å²) in [6, 6.07) is 19.8. The number of halogens is 2. The zero-order valence-electron chi connectivity index (χ0n) is 23.1. The van der Waals surface area contributed by atoms with E-state index in [1.165, 1.54) is 6.20 Å². The summed E-state index contributed by atoms with van der Waals surface area (Å²) in [6.45, 7) is 2.54. The molecular weight excluding hydrogens is 616 g/mol. The maximum Gasteiger partial charge on any atom is 0.142 e. The van der Waals surface area contributed by atoms with Crippen LogP contribution >= 0.6 is 27.5 Å². The Labute approximate surface area is 258 Å². The molecule has 0 fully saturated rings. The number of ether oxygens (including phenoxy) is 2. The fourth-order valence-electron chi connectivity index (χ4n) is 4.75. The zero-order chi connectivity index (χ0) is 29.5. The highest BCUT2D eigenvalue weighted by Gasteiger charge is 2.15. The van der Waals surface area contributed by atoms with Crippen molar-refractivity contribution in [3.05, 3.63) is 105 Å². The first-order valence-electron chi connectivity index (χ1n) is 13.5. The molecule has 214 valence electrons. The summed E-state index contributed by atoms with van der Waals surface area (Å²) in [5.41, 5.74) is 12.2. The molecule has 3 N–H and O–H groups in total. The van der Waals surface area contributed by atoms with Gasteiger partial charge in [0.2, 0.25) is 0 Å². The predicted molar refractivity (Wildman–Crippen MR) is 168 cm³/mol. The summed E-state index contributed by atoms with van der Waals surface area (Å²) in [6.07, 6.45) is 6.11. The van der Waals surface area contributed by atoms with Crippen LogP contribution in [0.15, 0.2) is 77.7 Å². The highest BCUT2D eigenvalue weighted by molar-refractivity contribution is 9.10. The Kier molecular flexibility index (Phi) is 9.72. The van der Waals surface area contributed by atoms with Crippen LogP contribution in [0.1, 0.15) is 28.7 Å². The van der Waals surface area contributed by atoms with E-state index in [0.717, 1.165) is 62.7 Å². The maximum absolute atomic E-state index is 9.15. The van der Waals surface area contributed by atoms with Crippen molar-refractivity contribution in [3.8, 4) is 28.7 Å². The Hall–Kier alpha value is -3.94. The first kappa shape index (κ1) is 29.5. The van der Waals surface area contributed by atoms with Gasteiger partial charge >= 0.3 is 0 Å². The normalized spacial score (nSPS) is 11.0. The van der Waals surface area contributed by atoms with E-state index in [9.17, 15) is 0 Å². The number of aryl methyl sites for hydroxylation is 1. The average molecular weight is 646 g/mol. The van der Waals surface area contributed by atoms with E-state index in [4.69, 9.17) is 32.1 Å². The number of pyridine rings is 1. The van der Waals surface area contributed by atoms with Crippen LogP contribution in [0.3, 0.4) is 0 Å². The van der Waals surface area contributed by atoms with Crippen molar-refractivity contribution in [3.63, 3.8) is 0 Å². The molecule has 3 aromatic carbocycles. The molecule has 0 spiro atoms. The largest absolute Gasteiger partial charge is 0.488 e. The van der Waals surface area contributed by atoms with Crippen LogP contribution < -0.4 is 20.5 Å². The molecule has 0 saturated carbocycles. The highest BCUT2D eigenvalue weighted by atomic mass is 79.9. The molecule has 10 heteroatoms. The Morgan fingerprint density at radius 1 is 1.00 bits per heavy atom. The summed E-state index contributed by atoms with van der Waals surface area (Å²) >= 11 is 10.4. The Morgan fingerprint density at radius 2 is 1.81 bits per heavy atom. The second kappa shape index (κ2) is 13.8. The minimum Gasteiger partial charge on any atom is -0.488 e. The smallest absolute Gasteiger partial charge is 0.142 e. The van der Waals surface area contributed by atoms with Gasteiger partial charge in [-0.05, 0) is 65.3 Å². The highest BCUT2D eigenvalue weighted by Crippen LogP contribution is 2.38. The topological polar surface area (TPSA) is 111 Å². The van der Waals surface area contributed by atoms with Crippen LogP contribution in [0.2, 0.25) is 5.02 Å². The lowest BCUT2D eigenvalue weighted by molar-refractivity contribution is 0.287. The third kappa shape index (κ3) is 6.58. The number of hydrogen-bond donors (Lipinski definition) is 2. The van der Waals surface area contributed by atoms with Gasteiger partial charge in [-0.2, -0.15) is 10.4 Å². The summed E-state index contributed by atoms with van der Waals surface area (Å²) in [5, 5.41) is 18.5. The number of nitrogens with zero attached hydrogens (tertiary/aromatic N) is 4. The molecule has 8 nitrogen and oxygen atoms in total. The number of nitrogens with one attached hydrogen (secondary N) is 1. The molecule has 5 rings (SSSR count). The third-order valence-electron chi connectivity index (χ3n) is 6.89. The molecule has 0 aliphatic heterocycles.